The van der Waals surface area contributed by atoms with Crippen LogP contribution in [0.1, 0.15) is 21.5 Å². The average Bonchev–Trinajstić information content (AvgIpc) is 2.33. The van der Waals surface area contributed by atoms with Crippen LogP contribution in [0.5, 0.6) is 11.6 Å². The summed E-state index contributed by atoms with van der Waals surface area (Å²) in [4.78, 5) is 15.3. The Morgan fingerprint density at radius 2 is 2.06 bits per heavy atom. The highest BCUT2D eigenvalue weighted by Gasteiger charge is 2.12. The van der Waals surface area contributed by atoms with Crippen LogP contribution in [0.2, 0.25) is 0 Å². The molecule has 0 radical (unpaired) electrons. The third-order valence-corrected chi connectivity index (χ3v) is 2.72. The minimum atomic E-state index is -0.581. The van der Waals surface area contributed by atoms with Crippen LogP contribution in [0.3, 0.4) is 0 Å². The smallest absolute Gasteiger partial charge is 0.257 e. The van der Waals surface area contributed by atoms with E-state index in [4.69, 9.17) is 16.3 Å². The zero-order valence-corrected chi connectivity index (χ0v) is 10.9. The van der Waals surface area contributed by atoms with Gasteiger partial charge >= 0.3 is 0 Å². The second-order valence-corrected chi connectivity index (χ2v) is 4.34. The third kappa shape index (κ3) is 2.68. The number of rotatable bonds is 3. The fourth-order valence-corrected chi connectivity index (χ4v) is 1.78. The first-order chi connectivity index (χ1) is 8.58. The van der Waals surface area contributed by atoms with Gasteiger partial charge in [0.15, 0.2) is 0 Å². The van der Waals surface area contributed by atoms with Crippen molar-refractivity contribution < 1.29 is 9.53 Å². The zero-order valence-electron chi connectivity index (χ0n) is 10.1. The van der Waals surface area contributed by atoms with Crippen molar-refractivity contribution in [1.82, 2.24) is 4.98 Å². The van der Waals surface area contributed by atoms with Gasteiger partial charge in [-0.15, -0.1) is 0 Å². The lowest BCUT2D eigenvalue weighted by Gasteiger charge is -2.10. The molecule has 0 aliphatic rings. The van der Waals surface area contributed by atoms with Gasteiger partial charge in [-0.1, -0.05) is 17.7 Å². The first-order valence-corrected chi connectivity index (χ1v) is 5.85. The topological polar surface area (TPSA) is 39.2 Å². The first-order valence-electron chi connectivity index (χ1n) is 5.48. The fourth-order valence-electron chi connectivity index (χ4n) is 1.64. The lowest BCUT2D eigenvalue weighted by Crippen LogP contribution is -1.98. The lowest BCUT2D eigenvalue weighted by molar-refractivity contribution is 0.107. The number of benzene rings is 1. The van der Waals surface area contributed by atoms with Crippen molar-refractivity contribution in [2.24, 2.45) is 0 Å². The standard InChI is InChI=1S/C14H12ClNO2/c1-9-5-6-12(10(2)8-9)18-14-11(13(15)17)4-3-7-16-14/h3-8H,1-2H3. The van der Waals surface area contributed by atoms with Gasteiger partial charge in [-0.25, -0.2) is 4.98 Å². The van der Waals surface area contributed by atoms with E-state index in [9.17, 15) is 4.79 Å². The van der Waals surface area contributed by atoms with Crippen molar-refractivity contribution in [1.29, 1.82) is 0 Å². The van der Waals surface area contributed by atoms with E-state index >= 15 is 0 Å². The second kappa shape index (κ2) is 5.19. The summed E-state index contributed by atoms with van der Waals surface area (Å²) in [5.74, 6) is 0.892. The molecule has 0 aliphatic carbocycles. The molecule has 0 fully saturated rings. The monoisotopic (exact) mass is 261 g/mol. The highest BCUT2D eigenvalue weighted by atomic mass is 35.5. The maximum Gasteiger partial charge on any atom is 0.257 e. The molecular weight excluding hydrogens is 250 g/mol. The normalized spacial score (nSPS) is 10.2. The van der Waals surface area contributed by atoms with E-state index in [1.54, 1.807) is 18.3 Å². The molecule has 0 N–H and O–H groups in total. The summed E-state index contributed by atoms with van der Waals surface area (Å²) >= 11 is 5.48. The number of nitrogens with zero attached hydrogens (tertiary/aromatic N) is 1. The van der Waals surface area contributed by atoms with E-state index in [-0.39, 0.29) is 11.4 Å². The average molecular weight is 262 g/mol. The van der Waals surface area contributed by atoms with Gasteiger partial charge in [-0.05, 0) is 49.2 Å². The van der Waals surface area contributed by atoms with Crippen LogP contribution < -0.4 is 4.74 Å². The van der Waals surface area contributed by atoms with Gasteiger partial charge in [-0.3, -0.25) is 4.79 Å². The van der Waals surface area contributed by atoms with Gasteiger partial charge < -0.3 is 4.74 Å². The fraction of sp³-hybridized carbons (Fsp3) is 0.143. The van der Waals surface area contributed by atoms with Crippen LogP contribution >= 0.6 is 11.6 Å². The Morgan fingerprint density at radius 3 is 2.72 bits per heavy atom. The number of carbonyl (C=O) groups is 1. The van der Waals surface area contributed by atoms with Crippen LogP contribution in [-0.4, -0.2) is 10.2 Å². The Hall–Kier alpha value is -1.87. The Balaban J connectivity index is 2.37. The first kappa shape index (κ1) is 12.6. The van der Waals surface area contributed by atoms with E-state index < -0.39 is 5.24 Å². The molecule has 0 atom stereocenters. The summed E-state index contributed by atoms with van der Waals surface area (Å²) in [6.07, 6.45) is 1.56. The van der Waals surface area contributed by atoms with E-state index in [2.05, 4.69) is 4.98 Å². The van der Waals surface area contributed by atoms with Crippen molar-refractivity contribution in [2.45, 2.75) is 13.8 Å². The Labute approximate surface area is 110 Å². The minimum absolute atomic E-state index is 0.226. The molecule has 0 unspecified atom stereocenters. The maximum atomic E-state index is 11.2. The Kier molecular flexibility index (Phi) is 3.63. The summed E-state index contributed by atoms with van der Waals surface area (Å²) in [6.45, 7) is 3.94. The molecule has 4 heteroatoms. The summed E-state index contributed by atoms with van der Waals surface area (Å²) in [5, 5.41) is -0.581. The molecule has 0 saturated carbocycles. The third-order valence-electron chi connectivity index (χ3n) is 2.52. The van der Waals surface area contributed by atoms with Gasteiger partial charge in [0.25, 0.3) is 5.24 Å². The molecule has 2 rings (SSSR count). The summed E-state index contributed by atoms with van der Waals surface area (Å²) in [6, 6.07) is 9.02. The highest BCUT2D eigenvalue weighted by Crippen LogP contribution is 2.27. The summed E-state index contributed by atoms with van der Waals surface area (Å²) in [5.41, 5.74) is 2.39. The maximum absolute atomic E-state index is 11.2. The van der Waals surface area contributed by atoms with E-state index in [0.29, 0.717) is 5.75 Å². The summed E-state index contributed by atoms with van der Waals surface area (Å²) in [7, 11) is 0. The molecule has 18 heavy (non-hydrogen) atoms. The molecule has 1 heterocycles. The predicted octanol–water partition coefficient (Wildman–Crippen LogP) is 3.87. The van der Waals surface area contributed by atoms with Gasteiger partial charge in [0, 0.05) is 6.20 Å². The van der Waals surface area contributed by atoms with Crippen molar-refractivity contribution in [3.8, 4) is 11.6 Å². The molecule has 0 bridgehead atoms. The zero-order chi connectivity index (χ0) is 13.1. The van der Waals surface area contributed by atoms with E-state index in [1.165, 1.54) is 0 Å². The number of carbonyl (C=O) groups excluding carboxylic acids is 1. The van der Waals surface area contributed by atoms with Crippen molar-refractivity contribution in [3.05, 3.63) is 53.2 Å². The predicted molar refractivity (Wildman–Crippen MR) is 70.4 cm³/mol. The van der Waals surface area contributed by atoms with Gasteiger partial charge in [0.2, 0.25) is 5.88 Å². The molecule has 92 valence electrons. The van der Waals surface area contributed by atoms with E-state index in [0.717, 1.165) is 11.1 Å². The molecule has 1 aromatic heterocycles. The molecule has 2 aromatic rings. The van der Waals surface area contributed by atoms with Crippen LogP contribution in [0.15, 0.2) is 36.5 Å². The van der Waals surface area contributed by atoms with Crippen LogP contribution in [-0.2, 0) is 0 Å². The summed E-state index contributed by atoms with van der Waals surface area (Å²) < 4.78 is 5.64. The van der Waals surface area contributed by atoms with Crippen LogP contribution in [0.4, 0.5) is 0 Å². The molecule has 0 spiro atoms. The molecule has 1 aromatic carbocycles. The Bertz CT molecular complexity index is 596. The molecular formula is C14H12ClNO2. The highest BCUT2D eigenvalue weighted by molar-refractivity contribution is 6.68. The largest absolute Gasteiger partial charge is 0.438 e. The van der Waals surface area contributed by atoms with Crippen molar-refractivity contribution in [2.75, 3.05) is 0 Å². The molecule has 0 amide bonds. The quantitative estimate of drug-likeness (QED) is 0.788. The number of hydrogen-bond donors (Lipinski definition) is 0. The van der Waals surface area contributed by atoms with Gasteiger partial charge in [-0.2, -0.15) is 0 Å². The number of aryl methyl sites for hydroxylation is 2. The van der Waals surface area contributed by atoms with Crippen molar-refractivity contribution >= 4 is 16.8 Å². The van der Waals surface area contributed by atoms with Crippen LogP contribution in [0.25, 0.3) is 0 Å². The van der Waals surface area contributed by atoms with Gasteiger partial charge in [0.1, 0.15) is 5.75 Å². The molecule has 0 aliphatic heterocycles. The molecule has 0 saturated heterocycles. The second-order valence-electron chi connectivity index (χ2n) is 4.00. The number of halogens is 1. The minimum Gasteiger partial charge on any atom is -0.438 e. The van der Waals surface area contributed by atoms with Crippen LogP contribution in [0, 0.1) is 13.8 Å². The number of aromatic nitrogens is 1. The lowest BCUT2D eigenvalue weighted by atomic mass is 10.1. The number of ether oxygens (including phenoxy) is 1. The number of hydrogen-bond acceptors (Lipinski definition) is 3. The molecule has 3 nitrogen and oxygen atoms in total. The van der Waals surface area contributed by atoms with Gasteiger partial charge in [0.05, 0.1) is 5.56 Å². The SMILES string of the molecule is Cc1ccc(Oc2ncccc2C(=O)Cl)c(C)c1. The number of pyridine rings is 1. The van der Waals surface area contributed by atoms with E-state index in [1.807, 2.05) is 32.0 Å². The van der Waals surface area contributed by atoms with Crippen molar-refractivity contribution in [3.63, 3.8) is 0 Å². The Morgan fingerprint density at radius 1 is 1.28 bits per heavy atom.